The first-order valence-corrected chi connectivity index (χ1v) is 7.24. The topological polar surface area (TPSA) is 55.8 Å². The highest BCUT2D eigenvalue weighted by molar-refractivity contribution is 5.92. The molecule has 1 saturated carbocycles. The molecule has 110 valence electrons. The average Bonchev–Trinajstić information content (AvgIpc) is 2.66. The van der Waals surface area contributed by atoms with E-state index < -0.39 is 11.9 Å². The molecule has 4 heteroatoms. The Kier molecular flexibility index (Phi) is 2.89. The molecule has 0 aromatic carbocycles. The van der Waals surface area contributed by atoms with E-state index in [4.69, 9.17) is 9.47 Å². The second kappa shape index (κ2) is 4.18. The van der Waals surface area contributed by atoms with Gasteiger partial charge in [0.15, 0.2) is 0 Å². The summed E-state index contributed by atoms with van der Waals surface area (Å²) in [5, 5.41) is 11.0. The summed E-state index contributed by atoms with van der Waals surface area (Å²) < 4.78 is 11.0. The normalized spacial score (nSPS) is 43.9. The number of fused-ring (bicyclic) bond motifs is 2. The quantitative estimate of drug-likeness (QED) is 0.591. The fourth-order valence-corrected chi connectivity index (χ4v) is 4.05. The summed E-state index contributed by atoms with van der Waals surface area (Å²) >= 11 is 0. The number of allylic oxidation sites excluding steroid dienone is 1. The van der Waals surface area contributed by atoms with E-state index in [-0.39, 0.29) is 11.4 Å². The predicted molar refractivity (Wildman–Crippen MR) is 73.7 cm³/mol. The van der Waals surface area contributed by atoms with Crippen LogP contribution in [0.2, 0.25) is 0 Å². The highest BCUT2D eigenvalue weighted by Crippen LogP contribution is 2.58. The third-order valence-electron chi connectivity index (χ3n) is 5.68. The van der Waals surface area contributed by atoms with Crippen molar-refractivity contribution >= 4 is 5.97 Å². The van der Waals surface area contributed by atoms with Crippen LogP contribution < -0.4 is 0 Å². The molecule has 3 aliphatic rings. The summed E-state index contributed by atoms with van der Waals surface area (Å²) in [6.07, 6.45) is 4.04. The van der Waals surface area contributed by atoms with E-state index in [0.29, 0.717) is 23.5 Å². The van der Waals surface area contributed by atoms with E-state index in [9.17, 15) is 9.90 Å². The van der Waals surface area contributed by atoms with Gasteiger partial charge in [0.05, 0.1) is 6.10 Å². The lowest BCUT2D eigenvalue weighted by Crippen LogP contribution is -2.54. The highest BCUT2D eigenvalue weighted by Gasteiger charge is 2.61. The van der Waals surface area contributed by atoms with Crippen LogP contribution in [0.3, 0.4) is 0 Å². The van der Waals surface area contributed by atoms with Crippen LogP contribution >= 0.6 is 0 Å². The smallest absolute Gasteiger partial charge is 0.336 e. The van der Waals surface area contributed by atoms with Gasteiger partial charge in [-0.15, -0.1) is 0 Å². The van der Waals surface area contributed by atoms with Crippen molar-refractivity contribution in [3.8, 4) is 0 Å². The minimum absolute atomic E-state index is 0.329. The number of carbonyl (C=O) groups excluding carboxylic acids is 1. The van der Waals surface area contributed by atoms with Gasteiger partial charge < -0.3 is 14.6 Å². The van der Waals surface area contributed by atoms with Crippen LogP contribution in [0.1, 0.15) is 40.0 Å². The Morgan fingerprint density at radius 1 is 1.50 bits per heavy atom. The zero-order valence-corrected chi connectivity index (χ0v) is 12.5. The van der Waals surface area contributed by atoms with Gasteiger partial charge in [-0.1, -0.05) is 25.5 Å². The van der Waals surface area contributed by atoms with Crippen LogP contribution in [0.5, 0.6) is 0 Å². The average molecular weight is 278 g/mol. The molecule has 4 nitrogen and oxygen atoms in total. The summed E-state index contributed by atoms with van der Waals surface area (Å²) in [7, 11) is 1.54. The van der Waals surface area contributed by atoms with Gasteiger partial charge in [-0.3, -0.25) is 0 Å². The number of methoxy groups -OCH3 is 1. The molecule has 0 aromatic heterocycles. The summed E-state index contributed by atoms with van der Waals surface area (Å²) in [6, 6.07) is 0. The van der Waals surface area contributed by atoms with E-state index in [1.807, 2.05) is 0 Å². The number of rotatable bonds is 1. The molecule has 0 saturated heterocycles. The first-order valence-electron chi connectivity index (χ1n) is 7.24. The van der Waals surface area contributed by atoms with Crippen LogP contribution in [0.15, 0.2) is 22.8 Å². The summed E-state index contributed by atoms with van der Waals surface area (Å²) in [4.78, 5) is 12.0. The lowest BCUT2D eigenvalue weighted by molar-refractivity contribution is -0.206. The van der Waals surface area contributed by atoms with Gasteiger partial charge in [0.1, 0.15) is 0 Å². The van der Waals surface area contributed by atoms with Crippen molar-refractivity contribution in [1.82, 2.24) is 0 Å². The largest absolute Gasteiger partial charge is 0.425 e. The van der Waals surface area contributed by atoms with Crippen molar-refractivity contribution in [2.24, 2.45) is 11.3 Å². The van der Waals surface area contributed by atoms with Crippen molar-refractivity contribution in [2.75, 3.05) is 7.11 Å². The summed E-state index contributed by atoms with van der Waals surface area (Å²) in [5.74, 6) is -1.11. The SMILES string of the molecule is COC12CC3=CCCC(C)C3(C)C(O)C1=C(C)C(=O)O2. The molecular weight excluding hydrogens is 256 g/mol. The Hall–Kier alpha value is -1.13. The van der Waals surface area contributed by atoms with Crippen molar-refractivity contribution in [2.45, 2.75) is 51.9 Å². The van der Waals surface area contributed by atoms with E-state index >= 15 is 0 Å². The van der Waals surface area contributed by atoms with E-state index in [0.717, 1.165) is 18.4 Å². The van der Waals surface area contributed by atoms with Crippen LogP contribution in [-0.4, -0.2) is 30.1 Å². The van der Waals surface area contributed by atoms with Gasteiger partial charge >= 0.3 is 5.97 Å². The van der Waals surface area contributed by atoms with Crippen molar-refractivity contribution < 1.29 is 19.4 Å². The fourth-order valence-electron chi connectivity index (χ4n) is 4.05. The Labute approximate surface area is 119 Å². The molecule has 0 amide bonds. The Morgan fingerprint density at radius 2 is 2.20 bits per heavy atom. The zero-order valence-electron chi connectivity index (χ0n) is 12.5. The van der Waals surface area contributed by atoms with Gasteiger partial charge in [-0.05, 0) is 25.7 Å². The summed E-state index contributed by atoms with van der Waals surface area (Å²) in [6.45, 7) is 5.98. The molecule has 20 heavy (non-hydrogen) atoms. The van der Waals surface area contributed by atoms with Crippen LogP contribution in [0, 0.1) is 11.3 Å². The van der Waals surface area contributed by atoms with E-state index in [1.165, 1.54) is 7.11 Å². The Balaban J connectivity index is 2.18. The van der Waals surface area contributed by atoms with Gasteiger partial charge in [-0.2, -0.15) is 0 Å². The van der Waals surface area contributed by atoms with Crippen molar-refractivity contribution in [1.29, 1.82) is 0 Å². The van der Waals surface area contributed by atoms with Gasteiger partial charge in [0, 0.05) is 30.1 Å². The molecule has 4 atom stereocenters. The molecular formula is C16H22O4. The fraction of sp³-hybridized carbons (Fsp3) is 0.688. The Morgan fingerprint density at radius 3 is 2.85 bits per heavy atom. The Bertz CT molecular complexity index is 533. The minimum atomic E-state index is -1.09. The molecule has 1 aliphatic heterocycles. The molecule has 0 bridgehead atoms. The van der Waals surface area contributed by atoms with E-state index in [2.05, 4.69) is 19.9 Å². The predicted octanol–water partition coefficient (Wildman–Crippen LogP) is 2.33. The first kappa shape index (κ1) is 13.8. The second-order valence-corrected chi connectivity index (χ2v) is 6.45. The number of ether oxygens (including phenoxy) is 2. The molecule has 4 unspecified atom stereocenters. The maximum atomic E-state index is 12.0. The molecule has 1 N–H and O–H groups in total. The molecule has 0 spiro atoms. The molecule has 1 fully saturated rings. The number of aliphatic hydroxyl groups is 1. The third-order valence-corrected chi connectivity index (χ3v) is 5.68. The van der Waals surface area contributed by atoms with Gasteiger partial charge in [-0.25, -0.2) is 4.79 Å². The standard InChI is InChI=1S/C16H22O4/c1-9-6-5-7-11-8-16(19-4)12(10(2)14(18)20-16)13(17)15(9,11)3/h7,9,13,17H,5-6,8H2,1-4H3. The lowest BCUT2D eigenvalue weighted by Gasteiger charge is -2.52. The van der Waals surface area contributed by atoms with Gasteiger partial charge in [0.2, 0.25) is 5.79 Å². The van der Waals surface area contributed by atoms with E-state index in [1.54, 1.807) is 6.92 Å². The number of hydrogen-bond donors (Lipinski definition) is 1. The zero-order chi connectivity index (χ0) is 14.7. The molecule has 0 aromatic rings. The monoisotopic (exact) mass is 278 g/mol. The van der Waals surface area contributed by atoms with Crippen LogP contribution in [-0.2, 0) is 14.3 Å². The number of aliphatic hydroxyl groups excluding tert-OH is 1. The highest BCUT2D eigenvalue weighted by atomic mass is 16.7. The lowest BCUT2D eigenvalue weighted by atomic mass is 9.56. The molecule has 3 rings (SSSR count). The van der Waals surface area contributed by atoms with Crippen LogP contribution in [0.4, 0.5) is 0 Å². The van der Waals surface area contributed by atoms with Crippen molar-refractivity contribution in [3.63, 3.8) is 0 Å². The number of carbonyl (C=O) groups is 1. The molecule has 1 heterocycles. The van der Waals surface area contributed by atoms with Crippen LogP contribution in [0.25, 0.3) is 0 Å². The number of hydrogen-bond acceptors (Lipinski definition) is 4. The number of esters is 1. The second-order valence-electron chi connectivity index (χ2n) is 6.45. The molecule has 0 radical (unpaired) electrons. The summed E-state index contributed by atoms with van der Waals surface area (Å²) in [5.41, 5.74) is 1.94. The third kappa shape index (κ3) is 1.46. The van der Waals surface area contributed by atoms with Gasteiger partial charge in [0.25, 0.3) is 0 Å². The first-order chi connectivity index (χ1) is 9.36. The van der Waals surface area contributed by atoms with Crippen molar-refractivity contribution in [3.05, 3.63) is 22.8 Å². The maximum Gasteiger partial charge on any atom is 0.336 e. The maximum absolute atomic E-state index is 12.0. The minimum Gasteiger partial charge on any atom is -0.425 e. The molecule has 2 aliphatic carbocycles.